The molecule has 1 nitrogen and oxygen atoms in total. The van der Waals surface area contributed by atoms with Crippen molar-refractivity contribution >= 4 is 16.2 Å². The average molecular weight is 198 g/mol. The Bertz CT molecular complexity index is 83.3. The third kappa shape index (κ3) is 2.04. The van der Waals surface area contributed by atoms with Crippen molar-refractivity contribution in [2.75, 3.05) is 13.1 Å². The first kappa shape index (κ1) is 8.69. The van der Waals surface area contributed by atoms with Gasteiger partial charge in [-0.15, -0.1) is 0 Å². The van der Waals surface area contributed by atoms with Gasteiger partial charge in [-0.05, 0) is 0 Å². The van der Waals surface area contributed by atoms with Crippen LogP contribution in [0.2, 0.25) is 14.4 Å². The van der Waals surface area contributed by atoms with Crippen LogP contribution < -0.4 is 5.32 Å². The van der Waals surface area contributed by atoms with Gasteiger partial charge in [0.2, 0.25) is 0 Å². The minimum absolute atomic E-state index is 0.734. The molecule has 1 unspecified atom stereocenters. The predicted molar refractivity (Wildman–Crippen MR) is 48.0 cm³/mol. The Hall–Kier alpha value is 0.596. The maximum absolute atomic E-state index is 3.50. The summed E-state index contributed by atoms with van der Waals surface area (Å²) in [5, 5.41) is 3.50. The number of nitrogens with one attached hydrogen (secondary N) is 1. The summed E-state index contributed by atoms with van der Waals surface area (Å²) in [6.45, 7) is 7.42. The van der Waals surface area contributed by atoms with Crippen LogP contribution in [-0.2, 0) is 0 Å². The monoisotopic (exact) mass is 197 g/mol. The van der Waals surface area contributed by atoms with Crippen molar-refractivity contribution in [2.45, 2.75) is 34.7 Å². The van der Waals surface area contributed by atoms with Crippen LogP contribution in [0, 0.1) is 0 Å². The summed E-state index contributed by atoms with van der Waals surface area (Å²) in [6.07, 6.45) is 1.44. The molecule has 0 spiro atoms. The number of hydrogen-bond acceptors (Lipinski definition) is 1. The molecule has 0 aromatic carbocycles. The zero-order valence-corrected chi connectivity index (χ0v) is 9.61. The van der Waals surface area contributed by atoms with Gasteiger partial charge in [0.1, 0.15) is 0 Å². The van der Waals surface area contributed by atoms with Gasteiger partial charge in [-0.25, -0.2) is 0 Å². The molecule has 10 heavy (non-hydrogen) atoms. The van der Waals surface area contributed by atoms with Gasteiger partial charge in [0, 0.05) is 0 Å². The van der Waals surface area contributed by atoms with Gasteiger partial charge in [-0.1, -0.05) is 0 Å². The van der Waals surface area contributed by atoms with Gasteiger partial charge < -0.3 is 0 Å². The van der Waals surface area contributed by atoms with Crippen molar-refractivity contribution in [1.82, 2.24) is 5.32 Å². The fourth-order valence-corrected chi connectivity index (χ4v) is 8.89. The molecule has 0 bridgehead atoms. The number of rotatable bonds is 2. The molecule has 2 heteroatoms. The van der Waals surface area contributed by atoms with E-state index in [1.165, 1.54) is 19.5 Å². The second-order valence-electron chi connectivity index (χ2n) is 3.33. The third-order valence-corrected chi connectivity index (χ3v) is 11.5. The van der Waals surface area contributed by atoms with E-state index >= 15 is 0 Å². The molecule has 1 N–H and O–H groups in total. The van der Waals surface area contributed by atoms with E-state index in [0.29, 0.717) is 0 Å². The fourth-order valence-electron chi connectivity index (χ4n) is 1.99. The first-order chi connectivity index (χ1) is 4.88. The molecule has 1 aliphatic heterocycles. The van der Waals surface area contributed by atoms with Crippen molar-refractivity contribution < 1.29 is 0 Å². The zero-order chi connectivity index (χ0) is 7.40. The molecule has 1 heterocycles. The van der Waals surface area contributed by atoms with Gasteiger partial charge in [-0.2, -0.15) is 0 Å². The first-order valence-corrected chi connectivity index (χ1v) is 9.41. The maximum atomic E-state index is 3.50. The van der Waals surface area contributed by atoms with E-state index in [4.69, 9.17) is 0 Å². The van der Waals surface area contributed by atoms with Gasteiger partial charge in [0.25, 0.3) is 0 Å². The van der Waals surface area contributed by atoms with Crippen LogP contribution in [0.3, 0.4) is 0 Å². The summed E-state index contributed by atoms with van der Waals surface area (Å²) in [7, 11) is 0. The van der Waals surface area contributed by atoms with Gasteiger partial charge in [0.15, 0.2) is 0 Å². The van der Waals surface area contributed by atoms with E-state index < -0.39 is 16.2 Å². The second-order valence-corrected chi connectivity index (χ2v) is 11.4. The second kappa shape index (κ2) is 4.47. The van der Waals surface area contributed by atoms with E-state index in [-0.39, 0.29) is 0 Å². The Morgan fingerprint density at radius 3 is 2.80 bits per heavy atom. The molecule has 0 aliphatic carbocycles. The molecule has 1 atom stereocenters. The van der Waals surface area contributed by atoms with Crippen LogP contribution in [0.4, 0.5) is 0 Å². The first-order valence-electron chi connectivity index (χ1n) is 4.59. The molecule has 0 saturated carbocycles. The van der Waals surface area contributed by atoms with Crippen LogP contribution in [0.15, 0.2) is 0 Å². The van der Waals surface area contributed by atoms with Crippen LogP contribution >= 0.6 is 0 Å². The van der Waals surface area contributed by atoms with Crippen LogP contribution in [-0.4, -0.2) is 29.3 Å². The van der Waals surface area contributed by atoms with Gasteiger partial charge in [-0.3, -0.25) is 0 Å². The molecule has 1 rings (SSSR count). The van der Waals surface area contributed by atoms with E-state index in [2.05, 4.69) is 19.2 Å². The Morgan fingerprint density at radius 1 is 1.50 bits per heavy atom. The van der Waals surface area contributed by atoms with Crippen LogP contribution in [0.1, 0.15) is 20.3 Å². The Balaban J connectivity index is 2.34. The molecule has 58 valence electrons. The normalized spacial score (nSPS) is 27.0. The molecule has 0 aromatic heterocycles. The summed E-state index contributed by atoms with van der Waals surface area (Å²) in [5.74, 6) is 0. The molecule has 0 aromatic rings. The molecule has 0 radical (unpaired) electrons. The van der Waals surface area contributed by atoms with Crippen molar-refractivity contribution in [3.05, 3.63) is 0 Å². The Kier molecular flexibility index (Phi) is 3.88. The summed E-state index contributed by atoms with van der Waals surface area (Å²) < 4.78 is 1.14. The summed E-state index contributed by atoms with van der Waals surface area (Å²) in [4.78, 5) is 3.15. The van der Waals surface area contributed by atoms with E-state index in [1.807, 2.05) is 0 Å². The van der Waals surface area contributed by atoms with Gasteiger partial charge in [0.05, 0.1) is 0 Å². The van der Waals surface area contributed by atoms with Crippen molar-refractivity contribution in [2.24, 2.45) is 0 Å². The van der Waals surface area contributed by atoms with Crippen LogP contribution in [0.5, 0.6) is 0 Å². The van der Waals surface area contributed by atoms with Gasteiger partial charge >= 0.3 is 69.3 Å². The molecule has 0 amide bonds. The van der Waals surface area contributed by atoms with E-state index in [9.17, 15) is 0 Å². The topological polar surface area (TPSA) is 12.0 Å². The summed E-state index contributed by atoms with van der Waals surface area (Å²) in [5.41, 5.74) is 0. The molecular weight excluding hydrogens is 180 g/mol. The summed E-state index contributed by atoms with van der Waals surface area (Å²) >= 11 is -0.734. The molecule has 1 saturated heterocycles. The minimum atomic E-state index is -0.734. The average Bonchev–Trinajstić information content (AvgIpc) is 2.04. The standard InChI is InChI=1S/C6H13N.C2H5.Ga/c1-3-5-6-7-4-2;1-2;/h5,7H,2-4,6H2,1H3;1H2,2H3;. The number of hydrogen-bond donors (Lipinski definition) is 1. The SMILES string of the molecule is CC[CH]1CNC[CH2][Ga]1[CH2]C. The summed E-state index contributed by atoms with van der Waals surface area (Å²) in [6, 6.07) is 0. The van der Waals surface area contributed by atoms with Crippen LogP contribution in [0.25, 0.3) is 0 Å². The predicted octanol–water partition coefficient (Wildman–Crippen LogP) is 1.88. The molecule has 1 fully saturated rings. The molecular formula is C8H18GaN. The Labute approximate surface area is 69.6 Å². The zero-order valence-electron chi connectivity index (χ0n) is 7.19. The van der Waals surface area contributed by atoms with E-state index in [1.54, 1.807) is 9.95 Å². The van der Waals surface area contributed by atoms with Crippen molar-refractivity contribution in [1.29, 1.82) is 0 Å². The van der Waals surface area contributed by atoms with E-state index in [0.717, 1.165) is 4.47 Å². The fraction of sp³-hybridized carbons (Fsp3) is 1.00. The third-order valence-electron chi connectivity index (χ3n) is 2.81. The Morgan fingerprint density at radius 2 is 2.30 bits per heavy atom. The molecule has 1 aliphatic rings. The van der Waals surface area contributed by atoms with Crippen molar-refractivity contribution in [3.8, 4) is 0 Å². The quantitative estimate of drug-likeness (QED) is 0.668. The van der Waals surface area contributed by atoms with Crippen molar-refractivity contribution in [3.63, 3.8) is 0 Å².